The molecule has 1 saturated carbocycles. The highest BCUT2D eigenvalue weighted by molar-refractivity contribution is 8.14. The van der Waals surface area contributed by atoms with Gasteiger partial charge < -0.3 is 5.32 Å². The van der Waals surface area contributed by atoms with Gasteiger partial charge in [-0.05, 0) is 31.1 Å². The number of hydrogen-bond donors (Lipinski definition) is 1. The Morgan fingerprint density at radius 1 is 1.40 bits per heavy atom. The molecule has 2 aliphatic rings. The molecule has 1 heterocycles. The van der Waals surface area contributed by atoms with E-state index in [4.69, 9.17) is 4.99 Å². The maximum Gasteiger partial charge on any atom is 0.157 e. The molecule has 0 aromatic heterocycles. The molecular weight excluding hydrogens is 204 g/mol. The van der Waals surface area contributed by atoms with Crippen LogP contribution in [-0.2, 0) is 0 Å². The average Bonchev–Trinajstić information content (AvgIpc) is 2.76. The SMILES string of the molecule is CC1CCC(NC2=N[C@@H](C(C)C)CS2)C1. The smallest absolute Gasteiger partial charge is 0.157 e. The summed E-state index contributed by atoms with van der Waals surface area (Å²) in [5.41, 5.74) is 0. The van der Waals surface area contributed by atoms with Gasteiger partial charge in [0.1, 0.15) is 0 Å². The minimum atomic E-state index is 0.538. The molecule has 0 radical (unpaired) electrons. The molecule has 3 heteroatoms. The van der Waals surface area contributed by atoms with E-state index in [0.29, 0.717) is 18.0 Å². The van der Waals surface area contributed by atoms with Gasteiger partial charge in [-0.25, -0.2) is 0 Å². The van der Waals surface area contributed by atoms with E-state index < -0.39 is 0 Å². The van der Waals surface area contributed by atoms with Crippen LogP contribution in [-0.4, -0.2) is 23.0 Å². The summed E-state index contributed by atoms with van der Waals surface area (Å²) in [6, 6.07) is 1.23. The van der Waals surface area contributed by atoms with Crippen LogP contribution in [0.2, 0.25) is 0 Å². The fraction of sp³-hybridized carbons (Fsp3) is 0.917. The molecule has 0 aromatic rings. The molecule has 3 atom stereocenters. The molecule has 15 heavy (non-hydrogen) atoms. The average molecular weight is 226 g/mol. The second-order valence-corrected chi connectivity index (χ2v) is 6.32. The van der Waals surface area contributed by atoms with Gasteiger partial charge in [0.05, 0.1) is 6.04 Å². The van der Waals surface area contributed by atoms with E-state index >= 15 is 0 Å². The normalized spacial score (nSPS) is 36.0. The summed E-state index contributed by atoms with van der Waals surface area (Å²) < 4.78 is 0. The highest BCUT2D eigenvalue weighted by atomic mass is 32.2. The molecule has 0 bridgehead atoms. The Hall–Kier alpha value is -0.180. The third kappa shape index (κ3) is 2.90. The first kappa shape index (κ1) is 11.3. The van der Waals surface area contributed by atoms with Crippen LogP contribution in [0.1, 0.15) is 40.0 Å². The second kappa shape index (κ2) is 4.77. The van der Waals surface area contributed by atoms with Gasteiger partial charge in [0.2, 0.25) is 0 Å². The molecule has 0 saturated heterocycles. The minimum absolute atomic E-state index is 0.538. The highest BCUT2D eigenvalue weighted by Crippen LogP contribution is 2.27. The van der Waals surface area contributed by atoms with E-state index in [1.807, 2.05) is 11.8 Å². The van der Waals surface area contributed by atoms with Gasteiger partial charge >= 0.3 is 0 Å². The van der Waals surface area contributed by atoms with E-state index in [2.05, 4.69) is 26.1 Å². The molecule has 2 rings (SSSR count). The molecule has 86 valence electrons. The Bertz CT molecular complexity index is 250. The summed E-state index contributed by atoms with van der Waals surface area (Å²) in [6.45, 7) is 6.87. The van der Waals surface area contributed by atoms with E-state index in [1.165, 1.54) is 30.2 Å². The third-order valence-electron chi connectivity index (χ3n) is 3.47. The van der Waals surface area contributed by atoms with Gasteiger partial charge in [-0.3, -0.25) is 4.99 Å². The lowest BCUT2D eigenvalue weighted by molar-refractivity contribution is 0.538. The Labute approximate surface area is 97.3 Å². The van der Waals surface area contributed by atoms with E-state index in [0.717, 1.165) is 5.92 Å². The number of amidine groups is 1. The van der Waals surface area contributed by atoms with Crippen molar-refractivity contribution in [1.82, 2.24) is 5.32 Å². The lowest BCUT2D eigenvalue weighted by atomic mass is 10.1. The van der Waals surface area contributed by atoms with Gasteiger partial charge in [-0.2, -0.15) is 0 Å². The van der Waals surface area contributed by atoms with Gasteiger partial charge in [-0.1, -0.05) is 32.5 Å². The van der Waals surface area contributed by atoms with Crippen LogP contribution in [0.25, 0.3) is 0 Å². The molecular formula is C12H22N2S. The first-order valence-corrected chi connectivity index (χ1v) is 7.11. The molecule has 2 nitrogen and oxygen atoms in total. The number of aliphatic imine (C=N–C) groups is 1. The van der Waals surface area contributed by atoms with Crippen molar-refractivity contribution in [2.45, 2.75) is 52.1 Å². The molecule has 0 aromatic carbocycles. The standard InChI is InChI=1S/C12H22N2S/c1-8(2)11-7-15-12(14-11)13-10-5-4-9(3)6-10/h8-11H,4-7H2,1-3H3,(H,13,14)/t9?,10?,11-/m1/s1. The third-order valence-corrected chi connectivity index (χ3v) is 4.47. The van der Waals surface area contributed by atoms with Crippen molar-refractivity contribution in [3.63, 3.8) is 0 Å². The zero-order valence-electron chi connectivity index (χ0n) is 9.99. The van der Waals surface area contributed by atoms with E-state index in [-0.39, 0.29) is 0 Å². The number of rotatable bonds is 2. The number of nitrogens with one attached hydrogen (secondary N) is 1. The van der Waals surface area contributed by atoms with Crippen LogP contribution in [0.5, 0.6) is 0 Å². The van der Waals surface area contributed by atoms with Crippen LogP contribution in [0.4, 0.5) is 0 Å². The fourth-order valence-electron chi connectivity index (χ4n) is 2.32. The van der Waals surface area contributed by atoms with Crippen LogP contribution >= 0.6 is 11.8 Å². The summed E-state index contributed by atoms with van der Waals surface area (Å²) in [4.78, 5) is 4.74. The van der Waals surface area contributed by atoms with E-state index in [9.17, 15) is 0 Å². The summed E-state index contributed by atoms with van der Waals surface area (Å²) in [5.74, 6) is 2.75. The fourth-order valence-corrected chi connectivity index (χ4v) is 3.57. The van der Waals surface area contributed by atoms with Crippen molar-refractivity contribution in [3.05, 3.63) is 0 Å². The largest absolute Gasteiger partial charge is 0.362 e. The molecule has 1 aliphatic carbocycles. The summed E-state index contributed by atoms with van der Waals surface area (Å²) >= 11 is 1.91. The minimum Gasteiger partial charge on any atom is -0.362 e. The second-order valence-electron chi connectivity index (χ2n) is 5.32. The Morgan fingerprint density at radius 2 is 2.20 bits per heavy atom. The van der Waals surface area contributed by atoms with Crippen LogP contribution in [0, 0.1) is 11.8 Å². The quantitative estimate of drug-likeness (QED) is 0.783. The van der Waals surface area contributed by atoms with Gasteiger partial charge in [0.15, 0.2) is 5.17 Å². The maximum atomic E-state index is 4.74. The number of hydrogen-bond acceptors (Lipinski definition) is 3. The number of thioether (sulfide) groups is 1. The lowest BCUT2D eigenvalue weighted by Crippen LogP contribution is -2.30. The van der Waals surface area contributed by atoms with Crippen molar-refractivity contribution in [3.8, 4) is 0 Å². The topological polar surface area (TPSA) is 24.4 Å². The predicted octanol–water partition coefficient (Wildman–Crippen LogP) is 2.89. The summed E-state index contributed by atoms with van der Waals surface area (Å²) in [7, 11) is 0. The molecule has 1 aliphatic heterocycles. The van der Waals surface area contributed by atoms with Crippen molar-refractivity contribution in [2.24, 2.45) is 16.8 Å². The Kier molecular flexibility index (Phi) is 3.60. The van der Waals surface area contributed by atoms with Crippen molar-refractivity contribution in [1.29, 1.82) is 0 Å². The van der Waals surface area contributed by atoms with Crippen LogP contribution in [0.15, 0.2) is 4.99 Å². The summed E-state index contributed by atoms with van der Waals surface area (Å²) in [5, 5.41) is 4.81. The molecule has 0 spiro atoms. The molecule has 0 amide bonds. The molecule has 1 fully saturated rings. The maximum absolute atomic E-state index is 4.74. The Balaban J connectivity index is 1.83. The number of nitrogens with zero attached hydrogens (tertiary/aromatic N) is 1. The van der Waals surface area contributed by atoms with Crippen LogP contribution in [0.3, 0.4) is 0 Å². The van der Waals surface area contributed by atoms with Crippen molar-refractivity contribution >= 4 is 16.9 Å². The monoisotopic (exact) mass is 226 g/mol. The zero-order valence-corrected chi connectivity index (χ0v) is 10.8. The predicted molar refractivity (Wildman–Crippen MR) is 68.5 cm³/mol. The Morgan fingerprint density at radius 3 is 2.73 bits per heavy atom. The summed E-state index contributed by atoms with van der Waals surface area (Å²) in [6.07, 6.45) is 4.03. The molecule has 2 unspecified atom stereocenters. The van der Waals surface area contributed by atoms with Crippen LogP contribution < -0.4 is 5.32 Å². The zero-order chi connectivity index (χ0) is 10.8. The first-order valence-electron chi connectivity index (χ1n) is 6.12. The lowest BCUT2D eigenvalue weighted by Gasteiger charge is -2.12. The van der Waals surface area contributed by atoms with Gasteiger partial charge in [0, 0.05) is 11.8 Å². The molecule has 1 N–H and O–H groups in total. The highest BCUT2D eigenvalue weighted by Gasteiger charge is 2.26. The first-order chi connectivity index (χ1) is 7.15. The van der Waals surface area contributed by atoms with Gasteiger partial charge in [0.25, 0.3) is 0 Å². The van der Waals surface area contributed by atoms with Crippen molar-refractivity contribution in [2.75, 3.05) is 5.75 Å². The van der Waals surface area contributed by atoms with Crippen molar-refractivity contribution < 1.29 is 0 Å². The van der Waals surface area contributed by atoms with Gasteiger partial charge in [-0.15, -0.1) is 0 Å². The van der Waals surface area contributed by atoms with E-state index in [1.54, 1.807) is 0 Å².